The zero-order valence-electron chi connectivity index (χ0n) is 12.8. The lowest BCUT2D eigenvalue weighted by atomic mass is 10.1. The molecule has 23 heavy (non-hydrogen) atoms. The van der Waals surface area contributed by atoms with E-state index in [1.54, 1.807) is 0 Å². The lowest BCUT2D eigenvalue weighted by molar-refractivity contribution is -0.387. The van der Waals surface area contributed by atoms with Crippen LogP contribution in [-0.2, 0) is 10.0 Å². The summed E-state index contributed by atoms with van der Waals surface area (Å²) in [6, 6.07) is 5.30. The molecule has 1 aromatic carbocycles. The highest BCUT2D eigenvalue weighted by molar-refractivity contribution is 7.89. The molecule has 1 heterocycles. The summed E-state index contributed by atoms with van der Waals surface area (Å²) in [5, 5.41) is 11.0. The second-order valence-corrected chi connectivity index (χ2v) is 8.05. The summed E-state index contributed by atoms with van der Waals surface area (Å²) in [5.74, 6) is 0.829. The van der Waals surface area contributed by atoms with Crippen molar-refractivity contribution >= 4 is 15.7 Å². The van der Waals surface area contributed by atoms with E-state index in [9.17, 15) is 18.5 Å². The van der Waals surface area contributed by atoms with Crippen molar-refractivity contribution in [2.75, 3.05) is 19.6 Å². The Bertz CT molecular complexity index is 680. The van der Waals surface area contributed by atoms with E-state index >= 15 is 0 Å². The average molecular weight is 339 g/mol. The highest BCUT2D eigenvalue weighted by Gasteiger charge is 2.31. The third-order valence-electron chi connectivity index (χ3n) is 4.47. The molecule has 1 aliphatic heterocycles. The number of likely N-dealkylation sites (tertiary alicyclic amines) is 1. The van der Waals surface area contributed by atoms with Gasteiger partial charge in [0.05, 0.1) is 4.92 Å². The Kier molecular flexibility index (Phi) is 4.65. The van der Waals surface area contributed by atoms with E-state index in [0.29, 0.717) is 0 Å². The lowest BCUT2D eigenvalue weighted by Gasteiger charge is -2.32. The molecule has 1 aliphatic carbocycles. The van der Waals surface area contributed by atoms with Gasteiger partial charge in [-0.1, -0.05) is 12.1 Å². The maximum absolute atomic E-state index is 12.5. The van der Waals surface area contributed by atoms with Crippen LogP contribution in [0.3, 0.4) is 0 Å². The Morgan fingerprint density at radius 1 is 1.17 bits per heavy atom. The van der Waals surface area contributed by atoms with Crippen molar-refractivity contribution in [2.24, 2.45) is 5.92 Å². The van der Waals surface area contributed by atoms with Gasteiger partial charge in [-0.25, -0.2) is 13.1 Å². The van der Waals surface area contributed by atoms with E-state index in [1.165, 1.54) is 37.1 Å². The van der Waals surface area contributed by atoms with E-state index < -0.39 is 14.9 Å². The Hall–Kier alpha value is -1.51. The van der Waals surface area contributed by atoms with Gasteiger partial charge in [0.2, 0.25) is 10.0 Å². The quantitative estimate of drug-likeness (QED) is 0.629. The smallest absolute Gasteiger partial charge is 0.289 e. The fourth-order valence-electron chi connectivity index (χ4n) is 3.02. The summed E-state index contributed by atoms with van der Waals surface area (Å²) in [4.78, 5) is 12.5. The first kappa shape index (κ1) is 16.4. The van der Waals surface area contributed by atoms with Crippen LogP contribution in [-0.4, -0.2) is 43.9 Å². The molecule has 1 saturated carbocycles. The topological polar surface area (TPSA) is 92.5 Å². The second-order valence-electron chi connectivity index (χ2n) is 6.36. The Morgan fingerprint density at radius 2 is 1.83 bits per heavy atom. The minimum Gasteiger partial charge on any atom is -0.303 e. The molecule has 2 fully saturated rings. The molecule has 0 aromatic heterocycles. The van der Waals surface area contributed by atoms with Crippen molar-refractivity contribution in [3.63, 3.8) is 0 Å². The molecular formula is C15H21N3O4S. The molecule has 0 bridgehead atoms. The van der Waals surface area contributed by atoms with Crippen molar-refractivity contribution in [2.45, 2.75) is 36.6 Å². The summed E-state index contributed by atoms with van der Waals surface area (Å²) >= 11 is 0. The fourth-order valence-corrected chi connectivity index (χ4v) is 4.49. The summed E-state index contributed by atoms with van der Waals surface area (Å²) in [6.07, 6.45) is 4.10. The molecule has 2 aliphatic rings. The SMILES string of the molecule is O=[N+]([O-])c1ccccc1S(=O)(=O)NC1CCN(CC2CC2)CC1. The molecule has 126 valence electrons. The number of nitro benzene ring substituents is 1. The molecule has 1 aromatic rings. The maximum Gasteiger partial charge on any atom is 0.289 e. The zero-order valence-corrected chi connectivity index (χ0v) is 13.7. The van der Waals surface area contributed by atoms with Crippen LogP contribution in [0.5, 0.6) is 0 Å². The van der Waals surface area contributed by atoms with Gasteiger partial charge in [-0.2, -0.15) is 0 Å². The van der Waals surface area contributed by atoms with Crippen LogP contribution < -0.4 is 4.72 Å². The van der Waals surface area contributed by atoms with Gasteiger partial charge in [-0.3, -0.25) is 10.1 Å². The third-order valence-corrected chi connectivity index (χ3v) is 6.04. The minimum absolute atomic E-state index is 0.157. The number of rotatable bonds is 6. The van der Waals surface area contributed by atoms with Crippen LogP contribution in [0.2, 0.25) is 0 Å². The standard InChI is InChI=1S/C15H21N3O4S/c19-18(20)14-3-1-2-4-15(14)23(21,22)16-13-7-9-17(10-8-13)11-12-5-6-12/h1-4,12-13,16H,5-11H2. The van der Waals surface area contributed by atoms with Gasteiger partial charge in [0.25, 0.3) is 5.69 Å². The first-order valence-electron chi connectivity index (χ1n) is 7.94. The summed E-state index contributed by atoms with van der Waals surface area (Å²) in [6.45, 7) is 2.87. The molecule has 0 radical (unpaired) electrons. The number of hydrogen-bond donors (Lipinski definition) is 1. The predicted molar refractivity (Wildman–Crippen MR) is 85.6 cm³/mol. The van der Waals surface area contributed by atoms with Crippen molar-refractivity contribution in [1.82, 2.24) is 9.62 Å². The van der Waals surface area contributed by atoms with Gasteiger partial charge in [0.15, 0.2) is 4.90 Å². The largest absolute Gasteiger partial charge is 0.303 e. The zero-order chi connectivity index (χ0) is 16.4. The molecule has 3 rings (SSSR count). The number of nitrogens with one attached hydrogen (secondary N) is 1. The van der Waals surface area contributed by atoms with Crippen LogP contribution in [0, 0.1) is 16.0 Å². The number of para-hydroxylation sites is 1. The number of benzene rings is 1. The first-order valence-corrected chi connectivity index (χ1v) is 9.42. The third kappa shape index (κ3) is 4.07. The Morgan fingerprint density at radius 3 is 2.43 bits per heavy atom. The fraction of sp³-hybridized carbons (Fsp3) is 0.600. The summed E-state index contributed by atoms with van der Waals surface area (Å²) in [7, 11) is -3.87. The second kappa shape index (κ2) is 6.54. The van der Waals surface area contributed by atoms with Crippen LogP contribution >= 0.6 is 0 Å². The van der Waals surface area contributed by atoms with E-state index in [2.05, 4.69) is 9.62 Å². The number of hydrogen-bond acceptors (Lipinski definition) is 5. The number of nitrogens with zero attached hydrogens (tertiary/aromatic N) is 2. The minimum atomic E-state index is -3.87. The molecule has 0 spiro atoms. The summed E-state index contributed by atoms with van der Waals surface area (Å²) < 4.78 is 27.6. The van der Waals surface area contributed by atoms with E-state index in [0.717, 1.165) is 38.4 Å². The van der Waals surface area contributed by atoms with Gasteiger partial charge < -0.3 is 4.90 Å². The highest BCUT2D eigenvalue weighted by Crippen LogP contribution is 2.30. The molecule has 0 unspecified atom stereocenters. The van der Waals surface area contributed by atoms with Crippen LogP contribution in [0.1, 0.15) is 25.7 Å². The first-order chi connectivity index (χ1) is 11.0. The molecule has 0 atom stereocenters. The maximum atomic E-state index is 12.5. The van der Waals surface area contributed by atoms with E-state index in [1.807, 2.05) is 0 Å². The molecule has 1 saturated heterocycles. The normalized spacial score (nSPS) is 20.5. The van der Waals surface area contributed by atoms with Gasteiger partial charge >= 0.3 is 0 Å². The molecule has 8 heteroatoms. The Labute approximate surface area is 135 Å². The Balaban J connectivity index is 1.64. The van der Waals surface area contributed by atoms with Crippen LogP contribution in [0.25, 0.3) is 0 Å². The van der Waals surface area contributed by atoms with Crippen LogP contribution in [0.15, 0.2) is 29.2 Å². The molecule has 7 nitrogen and oxygen atoms in total. The predicted octanol–water partition coefficient (Wildman–Crippen LogP) is 1.75. The molecule has 0 amide bonds. The monoisotopic (exact) mass is 339 g/mol. The van der Waals surface area contributed by atoms with E-state index in [-0.39, 0.29) is 16.6 Å². The van der Waals surface area contributed by atoms with Crippen LogP contribution in [0.4, 0.5) is 5.69 Å². The van der Waals surface area contributed by atoms with Gasteiger partial charge in [0, 0.05) is 18.7 Å². The van der Waals surface area contributed by atoms with Gasteiger partial charge in [0.1, 0.15) is 0 Å². The van der Waals surface area contributed by atoms with Crippen molar-refractivity contribution in [3.05, 3.63) is 34.4 Å². The summed E-state index contributed by atoms with van der Waals surface area (Å²) in [5.41, 5.74) is -0.383. The molecule has 1 N–H and O–H groups in total. The number of nitro groups is 1. The van der Waals surface area contributed by atoms with Crippen molar-refractivity contribution < 1.29 is 13.3 Å². The van der Waals surface area contributed by atoms with Crippen molar-refractivity contribution in [1.29, 1.82) is 0 Å². The average Bonchev–Trinajstić information content (AvgIpc) is 3.33. The van der Waals surface area contributed by atoms with Gasteiger partial charge in [-0.05, 0) is 50.8 Å². The molecular weight excluding hydrogens is 318 g/mol. The van der Waals surface area contributed by atoms with E-state index in [4.69, 9.17) is 0 Å². The van der Waals surface area contributed by atoms with Gasteiger partial charge in [-0.15, -0.1) is 0 Å². The number of piperidine rings is 1. The highest BCUT2D eigenvalue weighted by atomic mass is 32.2. The lowest BCUT2D eigenvalue weighted by Crippen LogP contribution is -2.45. The number of sulfonamides is 1. The van der Waals surface area contributed by atoms with Crippen molar-refractivity contribution in [3.8, 4) is 0 Å².